The molecule has 0 aromatic carbocycles. The number of carbonyl (C=O) groups excluding carboxylic acids is 1. The van der Waals surface area contributed by atoms with Gasteiger partial charge in [0.25, 0.3) is 0 Å². The molecule has 0 radical (unpaired) electrons. The summed E-state index contributed by atoms with van der Waals surface area (Å²) in [6.45, 7) is 4.45. The Morgan fingerprint density at radius 1 is 1.44 bits per heavy atom. The fraction of sp³-hybridized carbons (Fsp3) is 0.818. The van der Waals surface area contributed by atoms with Crippen molar-refractivity contribution >= 4 is 12.0 Å². The predicted molar refractivity (Wildman–Crippen MR) is 60.3 cm³/mol. The minimum atomic E-state index is -0.956. The van der Waals surface area contributed by atoms with Gasteiger partial charge in [-0.3, -0.25) is 0 Å². The molecule has 0 heterocycles. The number of nitrogens with one attached hydrogen (secondary N) is 1. The number of rotatable bonds is 6. The maximum Gasteiger partial charge on any atom is 0.326 e. The summed E-state index contributed by atoms with van der Waals surface area (Å²) in [5, 5.41) is 11.5. The van der Waals surface area contributed by atoms with Gasteiger partial charge in [0.05, 0.1) is 0 Å². The lowest BCUT2D eigenvalue weighted by atomic mass is 10.2. The molecule has 0 unspecified atom stereocenters. The molecule has 2 N–H and O–H groups in total. The van der Waals surface area contributed by atoms with E-state index in [1.54, 1.807) is 4.90 Å². The van der Waals surface area contributed by atoms with Crippen LogP contribution in [-0.2, 0) is 4.79 Å². The summed E-state index contributed by atoms with van der Waals surface area (Å²) in [6.07, 6.45) is 3.29. The maximum atomic E-state index is 11.8. The van der Waals surface area contributed by atoms with E-state index >= 15 is 0 Å². The first-order chi connectivity index (χ1) is 7.60. The molecule has 1 fully saturated rings. The summed E-state index contributed by atoms with van der Waals surface area (Å²) in [6, 6.07) is -0.683. The summed E-state index contributed by atoms with van der Waals surface area (Å²) >= 11 is 0. The Bertz CT molecular complexity index is 264. The molecule has 0 aliphatic heterocycles. The van der Waals surface area contributed by atoms with E-state index < -0.39 is 12.0 Å². The topological polar surface area (TPSA) is 69.6 Å². The first-order valence-corrected chi connectivity index (χ1v) is 5.90. The number of carboxylic acids is 1. The third-order valence-corrected chi connectivity index (χ3v) is 2.76. The zero-order valence-electron chi connectivity index (χ0n) is 9.90. The van der Waals surface area contributed by atoms with Gasteiger partial charge in [-0.1, -0.05) is 13.3 Å². The molecule has 1 atom stereocenters. The first-order valence-electron chi connectivity index (χ1n) is 5.90. The molecule has 5 nitrogen and oxygen atoms in total. The zero-order chi connectivity index (χ0) is 12.1. The molecule has 0 bridgehead atoms. The molecule has 5 heteroatoms. The third-order valence-electron chi connectivity index (χ3n) is 2.76. The SMILES string of the molecule is CCC[C@@H](NC(=O)N(CC)C1CC1)C(=O)O. The van der Waals surface area contributed by atoms with E-state index in [-0.39, 0.29) is 6.03 Å². The minimum Gasteiger partial charge on any atom is -0.480 e. The van der Waals surface area contributed by atoms with Crippen LogP contribution in [-0.4, -0.2) is 40.6 Å². The Balaban J connectivity index is 2.48. The van der Waals surface area contributed by atoms with Crippen molar-refractivity contribution in [3.63, 3.8) is 0 Å². The molecule has 0 saturated heterocycles. The van der Waals surface area contributed by atoms with Crippen molar-refractivity contribution in [2.45, 2.75) is 51.6 Å². The molecule has 1 saturated carbocycles. The first kappa shape index (κ1) is 12.8. The van der Waals surface area contributed by atoms with Gasteiger partial charge in [0.2, 0.25) is 0 Å². The van der Waals surface area contributed by atoms with Crippen LogP contribution in [0.3, 0.4) is 0 Å². The zero-order valence-corrected chi connectivity index (χ0v) is 9.90. The smallest absolute Gasteiger partial charge is 0.326 e. The van der Waals surface area contributed by atoms with E-state index in [1.807, 2.05) is 13.8 Å². The van der Waals surface area contributed by atoms with Crippen LogP contribution in [0.25, 0.3) is 0 Å². The largest absolute Gasteiger partial charge is 0.480 e. The molecule has 1 rings (SSSR count). The summed E-state index contributed by atoms with van der Waals surface area (Å²) < 4.78 is 0. The molecule has 0 spiro atoms. The third kappa shape index (κ3) is 3.40. The monoisotopic (exact) mass is 228 g/mol. The van der Waals surface area contributed by atoms with E-state index in [4.69, 9.17) is 5.11 Å². The van der Waals surface area contributed by atoms with E-state index in [0.717, 1.165) is 19.3 Å². The molecule has 0 aromatic rings. The quantitative estimate of drug-likeness (QED) is 0.722. The van der Waals surface area contributed by atoms with Crippen LogP contribution in [0.5, 0.6) is 0 Å². The number of carbonyl (C=O) groups is 2. The molecule has 1 aliphatic rings. The number of nitrogens with zero attached hydrogens (tertiary/aromatic N) is 1. The Labute approximate surface area is 95.8 Å². The Hall–Kier alpha value is -1.26. The second-order valence-electron chi connectivity index (χ2n) is 4.15. The van der Waals surface area contributed by atoms with Crippen LogP contribution in [0.4, 0.5) is 4.79 Å². The van der Waals surface area contributed by atoms with Crippen LogP contribution >= 0.6 is 0 Å². The van der Waals surface area contributed by atoms with Crippen molar-refractivity contribution in [1.29, 1.82) is 0 Å². The van der Waals surface area contributed by atoms with Crippen molar-refractivity contribution in [2.75, 3.05) is 6.54 Å². The van der Waals surface area contributed by atoms with Crippen LogP contribution in [0.15, 0.2) is 0 Å². The van der Waals surface area contributed by atoms with Crippen molar-refractivity contribution < 1.29 is 14.7 Å². The fourth-order valence-corrected chi connectivity index (χ4v) is 1.73. The Morgan fingerprint density at radius 2 is 2.06 bits per heavy atom. The van der Waals surface area contributed by atoms with Gasteiger partial charge in [-0.25, -0.2) is 9.59 Å². The average molecular weight is 228 g/mol. The highest BCUT2D eigenvalue weighted by molar-refractivity contribution is 5.82. The lowest BCUT2D eigenvalue weighted by Crippen LogP contribution is -2.48. The molecule has 1 aliphatic carbocycles. The van der Waals surface area contributed by atoms with Gasteiger partial charge in [-0.2, -0.15) is 0 Å². The number of amides is 2. The van der Waals surface area contributed by atoms with Crippen LogP contribution in [0, 0.1) is 0 Å². The van der Waals surface area contributed by atoms with Crippen LogP contribution in [0.2, 0.25) is 0 Å². The van der Waals surface area contributed by atoms with Gasteiger partial charge in [-0.05, 0) is 26.2 Å². The maximum absolute atomic E-state index is 11.8. The summed E-state index contributed by atoms with van der Waals surface area (Å²) in [5.41, 5.74) is 0. The van der Waals surface area contributed by atoms with Gasteiger partial charge in [-0.15, -0.1) is 0 Å². The van der Waals surface area contributed by atoms with Gasteiger partial charge in [0.15, 0.2) is 0 Å². The van der Waals surface area contributed by atoms with Gasteiger partial charge in [0, 0.05) is 12.6 Å². The minimum absolute atomic E-state index is 0.245. The van der Waals surface area contributed by atoms with E-state index in [1.165, 1.54) is 0 Å². The molecule has 0 aromatic heterocycles. The lowest BCUT2D eigenvalue weighted by Gasteiger charge is -2.23. The van der Waals surface area contributed by atoms with Crippen LogP contribution in [0.1, 0.15) is 39.5 Å². The van der Waals surface area contributed by atoms with Crippen molar-refractivity contribution in [3.05, 3.63) is 0 Å². The van der Waals surface area contributed by atoms with E-state index in [2.05, 4.69) is 5.32 Å². The molecular weight excluding hydrogens is 208 g/mol. The summed E-state index contributed by atoms with van der Waals surface area (Å²) in [7, 11) is 0. The molecule has 92 valence electrons. The number of aliphatic carboxylic acids is 1. The number of urea groups is 1. The number of carboxylic acid groups (broad SMARTS) is 1. The van der Waals surface area contributed by atoms with E-state index in [0.29, 0.717) is 19.0 Å². The van der Waals surface area contributed by atoms with Gasteiger partial charge in [0.1, 0.15) is 6.04 Å². The number of hydrogen-bond donors (Lipinski definition) is 2. The van der Waals surface area contributed by atoms with Gasteiger partial charge >= 0.3 is 12.0 Å². The highest BCUT2D eigenvalue weighted by atomic mass is 16.4. The average Bonchev–Trinajstić information content (AvgIpc) is 3.02. The Kier molecular flexibility index (Phi) is 4.58. The number of hydrogen-bond acceptors (Lipinski definition) is 2. The second-order valence-corrected chi connectivity index (χ2v) is 4.15. The van der Waals surface area contributed by atoms with Crippen molar-refractivity contribution in [3.8, 4) is 0 Å². The predicted octanol–water partition coefficient (Wildman–Crippen LogP) is 1.43. The summed E-state index contributed by atoms with van der Waals surface area (Å²) in [5.74, 6) is -0.956. The van der Waals surface area contributed by atoms with E-state index in [9.17, 15) is 9.59 Å². The second kappa shape index (κ2) is 5.72. The lowest BCUT2D eigenvalue weighted by molar-refractivity contribution is -0.139. The van der Waals surface area contributed by atoms with Gasteiger partial charge < -0.3 is 15.3 Å². The Morgan fingerprint density at radius 3 is 2.44 bits per heavy atom. The highest BCUT2D eigenvalue weighted by Crippen LogP contribution is 2.26. The summed E-state index contributed by atoms with van der Waals surface area (Å²) in [4.78, 5) is 24.4. The van der Waals surface area contributed by atoms with Crippen molar-refractivity contribution in [2.24, 2.45) is 0 Å². The normalized spacial score (nSPS) is 16.6. The van der Waals surface area contributed by atoms with Crippen molar-refractivity contribution in [1.82, 2.24) is 10.2 Å². The highest BCUT2D eigenvalue weighted by Gasteiger charge is 2.32. The molecule has 2 amide bonds. The fourth-order valence-electron chi connectivity index (χ4n) is 1.73. The standard InChI is InChI=1S/C11H20N2O3/c1-3-5-9(10(14)15)12-11(16)13(4-2)8-6-7-8/h8-9H,3-7H2,1-2H3,(H,12,16)(H,14,15)/t9-/m1/s1. The molecular formula is C11H20N2O3. The molecule has 16 heavy (non-hydrogen) atoms. The van der Waals surface area contributed by atoms with Crippen LogP contribution < -0.4 is 5.32 Å².